The van der Waals surface area contributed by atoms with Gasteiger partial charge in [0.1, 0.15) is 6.04 Å². The van der Waals surface area contributed by atoms with Crippen LogP contribution in [0.15, 0.2) is 18.2 Å². The van der Waals surface area contributed by atoms with E-state index in [9.17, 15) is 19.6 Å². The minimum atomic E-state index is -0.578. The van der Waals surface area contributed by atoms with Gasteiger partial charge in [0, 0.05) is 25.3 Å². The van der Waals surface area contributed by atoms with Crippen LogP contribution in [-0.2, 0) is 14.4 Å². The molecule has 0 aromatic heterocycles. The fourth-order valence-corrected chi connectivity index (χ4v) is 5.05. The number of anilines is 2. The maximum Gasteiger partial charge on any atom is 0.247 e. The summed E-state index contributed by atoms with van der Waals surface area (Å²) in [5.41, 5.74) is 1.59. The van der Waals surface area contributed by atoms with Gasteiger partial charge in [-0.05, 0) is 56.7 Å². The fourth-order valence-electron chi connectivity index (χ4n) is 4.75. The third-order valence-electron chi connectivity index (χ3n) is 6.53. The van der Waals surface area contributed by atoms with Crippen LogP contribution < -0.4 is 10.2 Å². The van der Waals surface area contributed by atoms with Gasteiger partial charge in [0.15, 0.2) is 0 Å². The van der Waals surface area contributed by atoms with Gasteiger partial charge in [-0.15, -0.1) is 0 Å². The van der Waals surface area contributed by atoms with Crippen molar-refractivity contribution < 1.29 is 19.6 Å². The van der Waals surface area contributed by atoms with Crippen molar-refractivity contribution in [1.29, 1.82) is 0 Å². The number of nitrogens with zero attached hydrogens (tertiary/aromatic N) is 3. The van der Waals surface area contributed by atoms with E-state index in [2.05, 4.69) is 10.2 Å². The van der Waals surface area contributed by atoms with E-state index in [0.29, 0.717) is 41.6 Å². The summed E-state index contributed by atoms with van der Waals surface area (Å²) in [6.07, 6.45) is 7.41. The highest BCUT2D eigenvalue weighted by Gasteiger charge is 2.37. The van der Waals surface area contributed by atoms with Gasteiger partial charge in [-0.1, -0.05) is 31.4 Å². The first-order valence-electron chi connectivity index (χ1n) is 12.0. The number of nitrogens with one attached hydrogen (secondary N) is 1. The fraction of sp³-hybridized carbons (Fsp3) is 0.625. The predicted octanol–water partition coefficient (Wildman–Crippen LogP) is 3.91. The molecule has 2 fully saturated rings. The molecule has 1 aromatic rings. The predicted molar refractivity (Wildman–Crippen MR) is 128 cm³/mol. The quantitative estimate of drug-likeness (QED) is 0.302. The van der Waals surface area contributed by atoms with Crippen molar-refractivity contribution in [2.75, 3.05) is 36.4 Å². The highest BCUT2D eigenvalue weighted by molar-refractivity contribution is 6.33. The summed E-state index contributed by atoms with van der Waals surface area (Å²) >= 11 is 6.52. The van der Waals surface area contributed by atoms with Gasteiger partial charge < -0.3 is 15.1 Å². The number of hydrogen-bond acceptors (Lipinski definition) is 5. The average Bonchev–Trinajstić information content (AvgIpc) is 3.32. The molecule has 8 nitrogen and oxygen atoms in total. The number of amides is 3. The van der Waals surface area contributed by atoms with Gasteiger partial charge in [-0.25, -0.2) is 5.06 Å². The van der Waals surface area contributed by atoms with E-state index in [1.807, 2.05) is 19.1 Å². The first kappa shape index (κ1) is 25.3. The van der Waals surface area contributed by atoms with Gasteiger partial charge in [-0.3, -0.25) is 19.6 Å². The monoisotopic (exact) mass is 478 g/mol. The van der Waals surface area contributed by atoms with Gasteiger partial charge in [0.05, 0.1) is 23.2 Å². The van der Waals surface area contributed by atoms with Crippen molar-refractivity contribution in [1.82, 2.24) is 9.96 Å². The topological polar surface area (TPSA) is 93.2 Å². The maximum atomic E-state index is 13.2. The molecule has 2 aliphatic heterocycles. The lowest BCUT2D eigenvalue weighted by molar-refractivity contribution is -0.157. The molecule has 0 unspecified atom stereocenters. The SMILES string of the molecule is CCCC[C@H](CN(O)C=O)C(=O)N1CCC[C@H]1C(=O)Nc1ccc(N2CCCCC2)c(Cl)c1. The molecule has 0 spiro atoms. The van der Waals surface area contributed by atoms with Gasteiger partial charge >= 0.3 is 0 Å². The Morgan fingerprint density at radius 3 is 2.67 bits per heavy atom. The standard InChI is InChI=1S/C24H35ClN4O4/c1-2-3-8-18(16-28(33)17-30)24(32)29-14-7-9-22(29)23(31)26-19-10-11-21(20(25)15-19)27-12-5-4-6-13-27/h10-11,15,17-18,22,33H,2-9,12-14,16H2,1H3,(H,26,31)/t18-,22+/m1/s1. The molecule has 9 heteroatoms. The van der Waals surface area contributed by atoms with E-state index in [1.165, 1.54) is 6.42 Å². The molecule has 2 saturated heterocycles. The third kappa shape index (κ3) is 6.60. The Labute approximate surface area is 200 Å². The van der Waals surface area contributed by atoms with Crippen LogP contribution in [0.4, 0.5) is 11.4 Å². The molecule has 0 saturated carbocycles. The third-order valence-corrected chi connectivity index (χ3v) is 6.84. The molecule has 182 valence electrons. The zero-order valence-corrected chi connectivity index (χ0v) is 20.1. The van der Waals surface area contributed by atoms with Crippen molar-refractivity contribution in [3.05, 3.63) is 23.2 Å². The lowest BCUT2D eigenvalue weighted by Gasteiger charge is -2.30. The number of piperidine rings is 1. The molecule has 0 aliphatic carbocycles. The van der Waals surface area contributed by atoms with E-state index in [0.717, 1.165) is 50.9 Å². The van der Waals surface area contributed by atoms with Crippen LogP contribution >= 0.6 is 11.6 Å². The van der Waals surface area contributed by atoms with E-state index in [1.54, 1.807) is 11.0 Å². The summed E-state index contributed by atoms with van der Waals surface area (Å²) < 4.78 is 0. The molecule has 3 amide bonds. The Kier molecular flexibility index (Phi) is 9.38. The molecule has 33 heavy (non-hydrogen) atoms. The normalized spacial score (nSPS) is 19.3. The molecular weight excluding hydrogens is 444 g/mol. The zero-order valence-electron chi connectivity index (χ0n) is 19.3. The summed E-state index contributed by atoms with van der Waals surface area (Å²) in [4.78, 5) is 41.0. The Bertz CT molecular complexity index is 831. The van der Waals surface area contributed by atoms with E-state index < -0.39 is 12.0 Å². The first-order chi connectivity index (χ1) is 15.9. The number of halogens is 1. The molecule has 0 radical (unpaired) electrons. The summed E-state index contributed by atoms with van der Waals surface area (Å²) in [6.45, 7) is 4.41. The molecule has 1 aromatic carbocycles. The van der Waals surface area contributed by atoms with Gasteiger partial charge in [0.25, 0.3) is 0 Å². The van der Waals surface area contributed by atoms with Crippen molar-refractivity contribution in [2.24, 2.45) is 5.92 Å². The number of hydrogen-bond donors (Lipinski definition) is 2. The van der Waals surface area contributed by atoms with Crippen LogP contribution in [0.3, 0.4) is 0 Å². The summed E-state index contributed by atoms with van der Waals surface area (Å²) in [5.74, 6) is -0.972. The van der Waals surface area contributed by atoms with E-state index >= 15 is 0 Å². The number of unbranched alkanes of at least 4 members (excludes halogenated alkanes) is 1. The van der Waals surface area contributed by atoms with E-state index in [-0.39, 0.29) is 18.4 Å². The molecule has 0 bridgehead atoms. The summed E-state index contributed by atoms with van der Waals surface area (Å²) in [7, 11) is 0. The molecular formula is C24H35ClN4O4. The number of carbonyl (C=O) groups excluding carboxylic acids is 3. The Morgan fingerprint density at radius 1 is 1.24 bits per heavy atom. The molecule has 2 aliphatic rings. The lowest BCUT2D eigenvalue weighted by Crippen LogP contribution is -2.47. The minimum Gasteiger partial charge on any atom is -0.370 e. The van der Waals surface area contributed by atoms with Crippen LogP contribution in [0.2, 0.25) is 5.02 Å². The van der Waals surface area contributed by atoms with Crippen molar-refractivity contribution in [3.63, 3.8) is 0 Å². The van der Waals surface area contributed by atoms with Gasteiger partial charge in [-0.2, -0.15) is 0 Å². The second-order valence-corrected chi connectivity index (χ2v) is 9.37. The number of hydroxylamine groups is 2. The number of rotatable bonds is 10. The van der Waals surface area contributed by atoms with E-state index in [4.69, 9.17) is 11.6 Å². The second kappa shape index (κ2) is 12.2. The smallest absolute Gasteiger partial charge is 0.247 e. The van der Waals surface area contributed by atoms with Crippen molar-refractivity contribution >= 4 is 41.2 Å². The van der Waals surface area contributed by atoms with Crippen LogP contribution in [0, 0.1) is 5.92 Å². The van der Waals surface area contributed by atoms with Crippen molar-refractivity contribution in [2.45, 2.75) is 64.3 Å². The second-order valence-electron chi connectivity index (χ2n) is 8.96. The largest absolute Gasteiger partial charge is 0.370 e. The number of carbonyl (C=O) groups is 3. The molecule has 3 rings (SSSR count). The summed E-state index contributed by atoms with van der Waals surface area (Å²) in [5, 5.41) is 13.7. The maximum absolute atomic E-state index is 13.2. The van der Waals surface area contributed by atoms with Gasteiger partial charge in [0.2, 0.25) is 18.2 Å². The van der Waals surface area contributed by atoms with Crippen LogP contribution in [0.25, 0.3) is 0 Å². The lowest BCUT2D eigenvalue weighted by atomic mass is 9.99. The highest BCUT2D eigenvalue weighted by Crippen LogP contribution is 2.31. The average molecular weight is 479 g/mol. The zero-order chi connectivity index (χ0) is 23.8. The Hall–Kier alpha value is -2.32. The number of likely N-dealkylation sites (tertiary alicyclic amines) is 1. The van der Waals surface area contributed by atoms with Crippen LogP contribution in [0.5, 0.6) is 0 Å². The van der Waals surface area contributed by atoms with Crippen LogP contribution in [-0.4, -0.2) is 65.6 Å². The molecule has 2 heterocycles. The minimum absolute atomic E-state index is 0.0687. The molecule has 2 N–H and O–H groups in total. The van der Waals surface area contributed by atoms with Crippen LogP contribution in [0.1, 0.15) is 58.3 Å². The Morgan fingerprint density at radius 2 is 2.00 bits per heavy atom. The van der Waals surface area contributed by atoms with Crippen molar-refractivity contribution in [3.8, 4) is 0 Å². The molecule has 2 atom stereocenters. The Balaban J connectivity index is 1.66. The summed E-state index contributed by atoms with van der Waals surface area (Å²) in [6, 6.07) is 4.98. The first-order valence-corrected chi connectivity index (χ1v) is 12.4. The highest BCUT2D eigenvalue weighted by atomic mass is 35.5. The number of benzene rings is 1.